The summed E-state index contributed by atoms with van der Waals surface area (Å²) in [6.07, 6.45) is 5.62. The van der Waals surface area contributed by atoms with E-state index in [4.69, 9.17) is 0 Å². The number of aromatic nitrogens is 1. The van der Waals surface area contributed by atoms with Crippen LogP contribution in [0.3, 0.4) is 0 Å². The molecule has 0 radical (unpaired) electrons. The summed E-state index contributed by atoms with van der Waals surface area (Å²) in [5.41, 5.74) is 6.17. The molecular formula is C18H15BrN3S-. The van der Waals surface area contributed by atoms with Crippen LogP contribution in [-0.2, 0) is 0 Å². The van der Waals surface area contributed by atoms with E-state index in [0.717, 1.165) is 22.0 Å². The second-order valence-electron chi connectivity index (χ2n) is 4.56. The topological polar surface area (TPSA) is 37.3 Å². The van der Waals surface area contributed by atoms with Crippen molar-refractivity contribution in [3.05, 3.63) is 77.7 Å². The van der Waals surface area contributed by atoms with Gasteiger partial charge in [0.15, 0.2) is 0 Å². The minimum Gasteiger partial charge on any atom is -1.00 e. The summed E-state index contributed by atoms with van der Waals surface area (Å²) in [7, 11) is 0. The zero-order valence-electron chi connectivity index (χ0n) is 12.3. The number of anilines is 1. The lowest BCUT2D eigenvalue weighted by Gasteiger charge is -1.94. The van der Waals surface area contributed by atoms with Gasteiger partial charge in [0, 0.05) is 17.2 Å². The first-order valence-corrected chi connectivity index (χ1v) is 7.81. The maximum absolute atomic E-state index is 4.51. The molecule has 0 aliphatic heterocycles. The fourth-order valence-electron chi connectivity index (χ4n) is 1.92. The van der Waals surface area contributed by atoms with Crippen LogP contribution < -0.4 is 22.4 Å². The summed E-state index contributed by atoms with van der Waals surface area (Å²) in [5.74, 6) is 0. The first-order chi connectivity index (χ1) is 10.9. The molecule has 0 unspecified atom stereocenters. The molecule has 1 N–H and O–H groups in total. The van der Waals surface area contributed by atoms with Gasteiger partial charge < -0.3 is 17.0 Å². The second-order valence-corrected chi connectivity index (χ2v) is 5.42. The molecule has 1 aromatic heterocycles. The van der Waals surface area contributed by atoms with Gasteiger partial charge in [-0.05, 0) is 11.6 Å². The highest BCUT2D eigenvalue weighted by atomic mass is 79.9. The summed E-state index contributed by atoms with van der Waals surface area (Å²) in [6.45, 7) is 0. The van der Waals surface area contributed by atoms with Gasteiger partial charge in [-0.2, -0.15) is 5.10 Å². The number of allylic oxidation sites excluding steroid dienone is 1. The Kier molecular flexibility index (Phi) is 6.72. The molecule has 23 heavy (non-hydrogen) atoms. The highest BCUT2D eigenvalue weighted by Crippen LogP contribution is 2.24. The number of benzene rings is 2. The zero-order valence-corrected chi connectivity index (χ0v) is 14.7. The minimum atomic E-state index is 0. The molecule has 0 atom stereocenters. The summed E-state index contributed by atoms with van der Waals surface area (Å²) in [4.78, 5) is 4.51. The average Bonchev–Trinajstić information content (AvgIpc) is 3.05. The molecule has 0 aliphatic rings. The molecule has 0 bridgehead atoms. The molecule has 3 rings (SSSR count). The van der Waals surface area contributed by atoms with Gasteiger partial charge in [0.25, 0.3) is 0 Å². The molecule has 0 spiro atoms. The standard InChI is InChI=1S/C18H15N3S.BrH/c1-3-8-15(9-4-1)10-7-13-19-21-18-20-17(14-22-18)16-11-5-2-6-12-16;/h1-14H,(H,20,21);1H/p-1/b10-7+,19-13+;. The summed E-state index contributed by atoms with van der Waals surface area (Å²) in [5, 5.41) is 6.95. The van der Waals surface area contributed by atoms with E-state index < -0.39 is 0 Å². The molecule has 0 aliphatic carbocycles. The Bertz CT molecular complexity index is 767. The van der Waals surface area contributed by atoms with Gasteiger partial charge in [-0.1, -0.05) is 66.7 Å². The van der Waals surface area contributed by atoms with Crippen molar-refractivity contribution in [2.45, 2.75) is 0 Å². The lowest BCUT2D eigenvalue weighted by molar-refractivity contribution is -0.00000425. The summed E-state index contributed by atoms with van der Waals surface area (Å²) < 4.78 is 0. The van der Waals surface area contributed by atoms with Gasteiger partial charge in [-0.15, -0.1) is 11.3 Å². The Morgan fingerprint density at radius 1 is 0.957 bits per heavy atom. The quantitative estimate of drug-likeness (QED) is 0.538. The van der Waals surface area contributed by atoms with Crippen LogP contribution in [0.5, 0.6) is 0 Å². The molecule has 0 saturated heterocycles. The molecule has 5 heteroatoms. The van der Waals surface area contributed by atoms with Gasteiger partial charge >= 0.3 is 0 Å². The van der Waals surface area contributed by atoms with Crippen LogP contribution >= 0.6 is 11.3 Å². The van der Waals surface area contributed by atoms with Gasteiger partial charge in [-0.25, -0.2) is 4.98 Å². The van der Waals surface area contributed by atoms with Gasteiger partial charge in [0.1, 0.15) is 0 Å². The van der Waals surface area contributed by atoms with Crippen LogP contribution in [0.4, 0.5) is 5.13 Å². The first-order valence-electron chi connectivity index (χ1n) is 6.93. The third-order valence-electron chi connectivity index (χ3n) is 2.98. The van der Waals surface area contributed by atoms with E-state index in [1.54, 1.807) is 6.21 Å². The average molecular weight is 385 g/mol. The fourth-order valence-corrected chi connectivity index (χ4v) is 2.59. The van der Waals surface area contributed by atoms with E-state index in [2.05, 4.69) is 15.5 Å². The molecule has 1 heterocycles. The summed E-state index contributed by atoms with van der Waals surface area (Å²) in [6, 6.07) is 20.2. The van der Waals surface area contributed by atoms with Crippen molar-refractivity contribution >= 4 is 28.8 Å². The molecule has 0 amide bonds. The second kappa shape index (κ2) is 9.02. The van der Waals surface area contributed by atoms with Gasteiger partial charge in [-0.3, -0.25) is 5.43 Å². The number of rotatable bonds is 5. The van der Waals surface area contributed by atoms with E-state index in [9.17, 15) is 0 Å². The SMILES string of the molecule is C(=C\c1ccccc1)/C=N/Nc1nc(-c2ccccc2)cs1.[Br-]. The van der Waals surface area contributed by atoms with Gasteiger partial charge in [0.2, 0.25) is 5.13 Å². The largest absolute Gasteiger partial charge is 1.00 e. The molecule has 116 valence electrons. The molecule has 3 nitrogen and oxygen atoms in total. The van der Waals surface area contributed by atoms with Crippen molar-refractivity contribution in [1.82, 2.24) is 4.98 Å². The Morgan fingerprint density at radius 2 is 1.65 bits per heavy atom. The van der Waals surface area contributed by atoms with Crippen LogP contribution in [-0.4, -0.2) is 11.2 Å². The predicted molar refractivity (Wildman–Crippen MR) is 95.1 cm³/mol. The number of hydrogen-bond acceptors (Lipinski definition) is 4. The van der Waals surface area contributed by atoms with Crippen molar-refractivity contribution in [2.24, 2.45) is 5.10 Å². The van der Waals surface area contributed by atoms with E-state index in [1.807, 2.05) is 78.2 Å². The van der Waals surface area contributed by atoms with Crippen LogP contribution in [0.1, 0.15) is 5.56 Å². The van der Waals surface area contributed by atoms with Crippen LogP contribution in [0, 0.1) is 0 Å². The number of hydrogen-bond donors (Lipinski definition) is 1. The van der Waals surface area contributed by atoms with E-state index in [1.165, 1.54) is 11.3 Å². The normalized spacial score (nSPS) is 10.8. The van der Waals surface area contributed by atoms with Crippen molar-refractivity contribution in [2.75, 3.05) is 5.43 Å². The third-order valence-corrected chi connectivity index (χ3v) is 3.73. The lowest BCUT2D eigenvalue weighted by Crippen LogP contribution is -3.00. The molecule has 2 aromatic carbocycles. The highest BCUT2D eigenvalue weighted by molar-refractivity contribution is 7.14. The van der Waals surface area contributed by atoms with Crippen molar-refractivity contribution in [3.8, 4) is 11.3 Å². The molecule has 3 aromatic rings. The molecular weight excluding hydrogens is 370 g/mol. The van der Waals surface area contributed by atoms with Crippen molar-refractivity contribution < 1.29 is 17.0 Å². The monoisotopic (exact) mass is 384 g/mol. The Balaban J connectivity index is 0.00000192. The molecule has 0 saturated carbocycles. The maximum atomic E-state index is 4.51. The number of thiazole rings is 1. The van der Waals surface area contributed by atoms with Crippen LogP contribution in [0.15, 0.2) is 77.2 Å². The number of nitrogens with zero attached hydrogens (tertiary/aromatic N) is 2. The van der Waals surface area contributed by atoms with E-state index >= 15 is 0 Å². The number of halogens is 1. The highest BCUT2D eigenvalue weighted by Gasteiger charge is 2.02. The van der Waals surface area contributed by atoms with E-state index in [-0.39, 0.29) is 17.0 Å². The summed E-state index contributed by atoms with van der Waals surface area (Å²) >= 11 is 1.54. The predicted octanol–water partition coefficient (Wildman–Crippen LogP) is 1.93. The Labute approximate surface area is 150 Å². The Morgan fingerprint density at radius 3 is 2.39 bits per heavy atom. The maximum Gasteiger partial charge on any atom is 0.203 e. The lowest BCUT2D eigenvalue weighted by atomic mass is 10.2. The minimum absolute atomic E-state index is 0. The first kappa shape index (κ1) is 17.1. The fraction of sp³-hybridized carbons (Fsp3) is 0. The van der Waals surface area contributed by atoms with Gasteiger partial charge in [0.05, 0.1) is 5.69 Å². The zero-order chi connectivity index (χ0) is 15.0. The smallest absolute Gasteiger partial charge is 0.203 e. The Hall–Kier alpha value is -2.24. The number of hydrazone groups is 1. The van der Waals surface area contributed by atoms with Crippen LogP contribution in [0.2, 0.25) is 0 Å². The molecule has 0 fully saturated rings. The third kappa shape index (κ3) is 5.16. The van der Waals surface area contributed by atoms with Crippen LogP contribution in [0.25, 0.3) is 17.3 Å². The van der Waals surface area contributed by atoms with Crippen molar-refractivity contribution in [3.63, 3.8) is 0 Å². The van der Waals surface area contributed by atoms with E-state index in [0.29, 0.717) is 0 Å². The number of nitrogens with one attached hydrogen (secondary N) is 1. The van der Waals surface area contributed by atoms with Crippen molar-refractivity contribution in [1.29, 1.82) is 0 Å².